The Labute approximate surface area is 185 Å². The molecule has 0 aliphatic carbocycles. The molecule has 0 unspecified atom stereocenters. The number of non-ortho nitro benzene ring substituents is 1. The lowest BCUT2D eigenvalue weighted by molar-refractivity contribution is -0.385. The van der Waals surface area contributed by atoms with E-state index in [1.165, 1.54) is 18.2 Å². The lowest BCUT2D eigenvalue weighted by atomic mass is 10.2. The van der Waals surface area contributed by atoms with Crippen LogP contribution in [0.4, 0.5) is 20.2 Å². The minimum Gasteiger partial charge on any atom is -0.338 e. The van der Waals surface area contributed by atoms with E-state index in [1.54, 1.807) is 0 Å². The number of carbonyl (C=O) groups excluding carboxylic acids is 1. The molecule has 0 bridgehead atoms. The van der Waals surface area contributed by atoms with Gasteiger partial charge in [0.1, 0.15) is 17.5 Å². The maximum absolute atomic E-state index is 14.1. The summed E-state index contributed by atoms with van der Waals surface area (Å²) in [6, 6.07) is 10.3. The molecule has 0 radical (unpaired) electrons. The van der Waals surface area contributed by atoms with Gasteiger partial charge >= 0.3 is 0 Å². The van der Waals surface area contributed by atoms with Crippen LogP contribution in [0.3, 0.4) is 0 Å². The van der Waals surface area contributed by atoms with E-state index < -0.39 is 38.0 Å². The Hall–Kier alpha value is -4.19. The van der Waals surface area contributed by atoms with Crippen LogP contribution in [0.15, 0.2) is 59.5 Å². The largest absolute Gasteiger partial charge is 0.338 e. The van der Waals surface area contributed by atoms with E-state index >= 15 is 0 Å². The zero-order valence-corrected chi connectivity index (χ0v) is 17.6. The van der Waals surface area contributed by atoms with E-state index in [2.05, 4.69) is 15.3 Å². The first kappa shape index (κ1) is 22.0. The highest BCUT2D eigenvalue weighted by Crippen LogP contribution is 2.26. The summed E-state index contributed by atoms with van der Waals surface area (Å²) in [4.78, 5) is 29.7. The van der Waals surface area contributed by atoms with Crippen LogP contribution in [0, 0.1) is 21.7 Å². The third-order valence-corrected chi connectivity index (χ3v) is 5.81. The van der Waals surface area contributed by atoms with Crippen LogP contribution in [0.1, 0.15) is 10.4 Å². The Morgan fingerprint density at radius 1 is 1.09 bits per heavy atom. The highest BCUT2D eigenvalue weighted by atomic mass is 32.2. The second-order valence-corrected chi connectivity index (χ2v) is 9.16. The molecule has 2 N–H and O–H groups in total. The van der Waals surface area contributed by atoms with Crippen molar-refractivity contribution < 1.29 is 26.9 Å². The lowest BCUT2D eigenvalue weighted by Gasteiger charge is -2.07. The molecule has 33 heavy (non-hydrogen) atoms. The summed E-state index contributed by atoms with van der Waals surface area (Å²) in [5, 5.41) is 13.7. The number of hydrogen-bond acceptors (Lipinski definition) is 6. The Bertz CT molecular complexity index is 1550. The molecular formula is C21H14F2N4O5S. The fourth-order valence-corrected chi connectivity index (χ4v) is 3.81. The number of nitro groups is 1. The topological polar surface area (TPSA) is 135 Å². The van der Waals surface area contributed by atoms with E-state index in [0.29, 0.717) is 11.0 Å². The van der Waals surface area contributed by atoms with E-state index in [-0.39, 0.29) is 27.5 Å². The van der Waals surface area contributed by atoms with E-state index in [9.17, 15) is 32.1 Å². The summed E-state index contributed by atoms with van der Waals surface area (Å²) in [6.07, 6.45) is 0.874. The highest BCUT2D eigenvalue weighted by molar-refractivity contribution is 7.90. The number of nitrogens with one attached hydrogen (secondary N) is 2. The summed E-state index contributed by atoms with van der Waals surface area (Å²) in [5.41, 5.74) is 0.242. The van der Waals surface area contributed by atoms with Crippen LogP contribution >= 0.6 is 0 Å². The molecule has 12 heteroatoms. The van der Waals surface area contributed by atoms with Crippen LogP contribution in [0.2, 0.25) is 0 Å². The number of nitro benzene ring substituents is 1. The molecule has 0 spiro atoms. The molecule has 0 fully saturated rings. The van der Waals surface area contributed by atoms with E-state index in [4.69, 9.17) is 0 Å². The first-order chi connectivity index (χ1) is 15.5. The Morgan fingerprint density at radius 3 is 2.55 bits per heavy atom. The van der Waals surface area contributed by atoms with Crippen molar-refractivity contribution >= 4 is 38.2 Å². The first-order valence-electron chi connectivity index (χ1n) is 9.27. The summed E-state index contributed by atoms with van der Waals surface area (Å²) < 4.78 is 51.2. The van der Waals surface area contributed by atoms with Gasteiger partial charge in [0.15, 0.2) is 9.84 Å². The number of H-pyrrole nitrogens is 1. The van der Waals surface area contributed by atoms with Crippen molar-refractivity contribution in [1.29, 1.82) is 0 Å². The van der Waals surface area contributed by atoms with Gasteiger partial charge in [-0.3, -0.25) is 14.9 Å². The number of sulfone groups is 1. The number of benzene rings is 3. The third-order valence-electron chi connectivity index (χ3n) is 4.72. The number of halogens is 2. The number of rotatable bonds is 5. The van der Waals surface area contributed by atoms with Crippen LogP contribution in [0.5, 0.6) is 0 Å². The van der Waals surface area contributed by atoms with Crippen molar-refractivity contribution in [3.8, 4) is 11.4 Å². The van der Waals surface area contributed by atoms with Crippen molar-refractivity contribution in [1.82, 2.24) is 9.97 Å². The van der Waals surface area contributed by atoms with Gasteiger partial charge in [0.05, 0.1) is 26.4 Å². The Morgan fingerprint density at radius 2 is 1.85 bits per heavy atom. The minimum absolute atomic E-state index is 0.0679. The predicted molar refractivity (Wildman–Crippen MR) is 116 cm³/mol. The maximum Gasteiger partial charge on any atom is 0.271 e. The summed E-state index contributed by atoms with van der Waals surface area (Å²) in [6.45, 7) is 0. The van der Waals surface area contributed by atoms with Crippen molar-refractivity contribution in [3.05, 3.63) is 81.9 Å². The molecular weight excluding hydrogens is 458 g/mol. The van der Waals surface area contributed by atoms with Gasteiger partial charge in [-0.25, -0.2) is 22.2 Å². The van der Waals surface area contributed by atoms with Gasteiger partial charge in [0.25, 0.3) is 11.6 Å². The smallest absolute Gasteiger partial charge is 0.271 e. The van der Waals surface area contributed by atoms with Gasteiger partial charge in [-0.15, -0.1) is 0 Å². The van der Waals surface area contributed by atoms with Crippen LogP contribution in [0.25, 0.3) is 22.4 Å². The minimum atomic E-state index is -3.80. The Kier molecular flexibility index (Phi) is 5.38. The molecule has 0 aliphatic heterocycles. The number of hydrogen-bond donors (Lipinski definition) is 2. The summed E-state index contributed by atoms with van der Waals surface area (Å²) in [5.74, 6) is -2.00. The summed E-state index contributed by atoms with van der Waals surface area (Å²) >= 11 is 0. The zero-order chi connectivity index (χ0) is 23.9. The normalized spacial score (nSPS) is 11.5. The third kappa shape index (κ3) is 4.55. The number of fused-ring (bicyclic) bond motifs is 1. The molecule has 0 saturated heterocycles. The fourth-order valence-electron chi connectivity index (χ4n) is 3.13. The molecule has 4 rings (SSSR count). The molecule has 4 aromatic rings. The standard InChI is InChI=1S/C21H14F2N4O5S/c1-33(31,32)15-7-11(6-14(10-15)27(29)30)21(28)24-13-3-5-18-19(9-13)26-20(25-18)16-8-12(22)2-4-17(16)23/h2-10H,1H3,(H,24,28)(H,25,26). The number of anilines is 1. The van der Waals surface area contributed by atoms with Crippen molar-refractivity contribution in [2.45, 2.75) is 4.90 Å². The van der Waals surface area contributed by atoms with Crippen LogP contribution in [-0.2, 0) is 9.84 Å². The molecule has 0 saturated carbocycles. The van der Waals surface area contributed by atoms with Gasteiger partial charge in [0, 0.05) is 29.6 Å². The zero-order valence-electron chi connectivity index (χ0n) is 16.8. The average molecular weight is 472 g/mol. The number of aromatic amines is 1. The Balaban J connectivity index is 1.67. The molecule has 0 aliphatic rings. The second kappa shape index (κ2) is 8.06. The quantitative estimate of drug-likeness (QED) is 0.332. The monoisotopic (exact) mass is 472 g/mol. The predicted octanol–water partition coefficient (Wildman–Crippen LogP) is 4.07. The number of aromatic nitrogens is 2. The molecule has 0 atom stereocenters. The van der Waals surface area contributed by atoms with Crippen LogP contribution in [-0.4, -0.2) is 35.5 Å². The van der Waals surface area contributed by atoms with Gasteiger partial charge in [-0.2, -0.15) is 0 Å². The number of carbonyl (C=O) groups is 1. The molecule has 1 amide bonds. The first-order valence-corrected chi connectivity index (χ1v) is 11.2. The van der Waals surface area contributed by atoms with Gasteiger partial charge in [0.2, 0.25) is 0 Å². The van der Waals surface area contributed by atoms with Gasteiger partial charge in [-0.05, 0) is 42.5 Å². The SMILES string of the molecule is CS(=O)(=O)c1cc(C(=O)Nc2ccc3nc(-c4cc(F)ccc4F)[nH]c3c2)cc([N+](=O)[O-])c1. The second-order valence-electron chi connectivity index (χ2n) is 7.14. The number of nitrogens with zero attached hydrogens (tertiary/aromatic N) is 2. The van der Waals surface area contributed by atoms with E-state index in [0.717, 1.165) is 42.7 Å². The molecule has 3 aromatic carbocycles. The molecule has 9 nitrogen and oxygen atoms in total. The van der Waals surface area contributed by atoms with Gasteiger partial charge in [-0.1, -0.05) is 0 Å². The number of imidazole rings is 1. The molecule has 1 heterocycles. The molecule has 168 valence electrons. The average Bonchev–Trinajstić information content (AvgIpc) is 3.17. The van der Waals surface area contributed by atoms with Crippen molar-refractivity contribution in [2.24, 2.45) is 0 Å². The van der Waals surface area contributed by atoms with Gasteiger partial charge < -0.3 is 10.3 Å². The number of amides is 1. The van der Waals surface area contributed by atoms with E-state index in [1.807, 2.05) is 0 Å². The fraction of sp³-hybridized carbons (Fsp3) is 0.0476. The maximum atomic E-state index is 14.1. The lowest BCUT2D eigenvalue weighted by Crippen LogP contribution is -2.13. The summed E-state index contributed by atoms with van der Waals surface area (Å²) in [7, 11) is -3.80. The highest BCUT2D eigenvalue weighted by Gasteiger charge is 2.19. The van der Waals surface area contributed by atoms with Crippen molar-refractivity contribution in [3.63, 3.8) is 0 Å². The molecule has 1 aromatic heterocycles. The van der Waals surface area contributed by atoms with Crippen molar-refractivity contribution in [2.75, 3.05) is 11.6 Å². The van der Waals surface area contributed by atoms with Crippen LogP contribution < -0.4 is 5.32 Å².